The van der Waals surface area contributed by atoms with E-state index in [2.05, 4.69) is 23.0 Å². The number of hydrogen-bond donors (Lipinski definition) is 0. The van der Waals surface area contributed by atoms with Crippen molar-refractivity contribution < 1.29 is 14.3 Å². The summed E-state index contributed by atoms with van der Waals surface area (Å²) in [6, 6.07) is 2.14. The molecule has 0 aromatic carbocycles. The molecule has 6 nitrogen and oxygen atoms in total. The lowest BCUT2D eigenvalue weighted by atomic mass is 9.97. The molecule has 2 aromatic rings. The zero-order chi connectivity index (χ0) is 19.4. The fourth-order valence-electron chi connectivity index (χ4n) is 3.18. The summed E-state index contributed by atoms with van der Waals surface area (Å²) >= 11 is 3.17. The first-order chi connectivity index (χ1) is 13.0. The number of aromatic nitrogens is 2. The second-order valence-electron chi connectivity index (χ2n) is 6.56. The van der Waals surface area contributed by atoms with Gasteiger partial charge in [0.15, 0.2) is 0 Å². The van der Waals surface area contributed by atoms with Crippen LogP contribution in [0.3, 0.4) is 0 Å². The first kappa shape index (κ1) is 20.1. The molecule has 0 saturated carbocycles. The van der Waals surface area contributed by atoms with Crippen LogP contribution < -0.4 is 0 Å². The van der Waals surface area contributed by atoms with E-state index in [9.17, 15) is 9.59 Å². The lowest BCUT2D eigenvalue weighted by Crippen LogP contribution is -2.41. The highest BCUT2D eigenvalue weighted by Gasteiger charge is 2.28. The molecule has 0 N–H and O–H groups in total. The molecule has 0 atom stereocenters. The Morgan fingerprint density at radius 2 is 2.04 bits per heavy atom. The van der Waals surface area contributed by atoms with E-state index in [1.807, 2.05) is 18.7 Å². The normalized spacial score (nSPS) is 15.3. The number of carbonyl (C=O) groups excluding carboxylic acids is 2. The minimum absolute atomic E-state index is 0.0796. The summed E-state index contributed by atoms with van der Waals surface area (Å²) in [6.45, 7) is 7.46. The fourth-order valence-corrected chi connectivity index (χ4v) is 5.20. The lowest BCUT2D eigenvalue weighted by molar-refractivity contribution is -0.151. The summed E-state index contributed by atoms with van der Waals surface area (Å²) in [4.78, 5) is 37.6. The Kier molecular flexibility index (Phi) is 6.70. The Hall–Kier alpha value is -1.67. The van der Waals surface area contributed by atoms with Gasteiger partial charge >= 0.3 is 5.97 Å². The van der Waals surface area contributed by atoms with Gasteiger partial charge in [-0.3, -0.25) is 9.59 Å². The minimum Gasteiger partial charge on any atom is -0.466 e. The van der Waals surface area contributed by atoms with Crippen LogP contribution in [0.1, 0.15) is 37.4 Å². The molecule has 0 unspecified atom stereocenters. The topological polar surface area (TPSA) is 72.4 Å². The summed E-state index contributed by atoms with van der Waals surface area (Å²) in [6.07, 6.45) is 2.32. The van der Waals surface area contributed by atoms with Crippen LogP contribution in [0.15, 0.2) is 11.1 Å². The first-order valence-corrected chi connectivity index (χ1v) is 11.2. The van der Waals surface area contributed by atoms with E-state index < -0.39 is 0 Å². The highest BCUT2D eigenvalue weighted by Crippen LogP contribution is 2.32. The molecule has 1 aliphatic rings. The molecule has 3 rings (SSSR count). The van der Waals surface area contributed by atoms with Crippen LogP contribution in [0.5, 0.6) is 0 Å². The van der Waals surface area contributed by atoms with Gasteiger partial charge in [-0.05, 0) is 39.2 Å². The highest BCUT2D eigenvalue weighted by atomic mass is 32.2. The number of esters is 1. The Labute approximate surface area is 167 Å². The van der Waals surface area contributed by atoms with Gasteiger partial charge in [0.2, 0.25) is 5.91 Å². The van der Waals surface area contributed by atoms with Gasteiger partial charge in [0.25, 0.3) is 0 Å². The van der Waals surface area contributed by atoms with Crippen molar-refractivity contribution in [3.05, 3.63) is 16.8 Å². The summed E-state index contributed by atoms with van der Waals surface area (Å²) in [5.41, 5.74) is 0. The van der Waals surface area contributed by atoms with E-state index in [-0.39, 0.29) is 17.8 Å². The third-order valence-electron chi connectivity index (χ3n) is 4.67. The maximum Gasteiger partial charge on any atom is 0.309 e. The number of ether oxygens (including phenoxy) is 1. The van der Waals surface area contributed by atoms with Gasteiger partial charge in [0, 0.05) is 23.4 Å². The number of thiophene rings is 1. The SMILES string of the molecule is CCOC(=O)C1CCN(C(=O)CSc2nc(C)nc3sc(CC)cc23)CC1. The number of amides is 1. The molecule has 0 spiro atoms. The molecule has 1 saturated heterocycles. The van der Waals surface area contributed by atoms with Gasteiger partial charge in [-0.1, -0.05) is 18.7 Å². The summed E-state index contributed by atoms with van der Waals surface area (Å²) in [5.74, 6) is 0.966. The van der Waals surface area contributed by atoms with Crippen molar-refractivity contribution >= 4 is 45.2 Å². The molecule has 0 bridgehead atoms. The second kappa shape index (κ2) is 9.01. The molecule has 1 aliphatic heterocycles. The third kappa shape index (κ3) is 4.79. The molecular formula is C19H25N3O3S2. The molecule has 8 heteroatoms. The molecule has 1 fully saturated rings. The largest absolute Gasteiger partial charge is 0.466 e. The van der Waals surface area contributed by atoms with Gasteiger partial charge in [0.1, 0.15) is 15.7 Å². The minimum atomic E-state index is -0.137. The summed E-state index contributed by atoms with van der Waals surface area (Å²) < 4.78 is 5.09. The van der Waals surface area contributed by atoms with Crippen LogP contribution in [-0.4, -0.2) is 52.2 Å². The van der Waals surface area contributed by atoms with Crippen molar-refractivity contribution in [2.24, 2.45) is 5.92 Å². The number of aryl methyl sites for hydroxylation is 2. The number of thioether (sulfide) groups is 1. The molecule has 2 aromatic heterocycles. The van der Waals surface area contributed by atoms with Crippen LogP contribution in [0, 0.1) is 12.8 Å². The van der Waals surface area contributed by atoms with Crippen LogP contribution in [-0.2, 0) is 20.7 Å². The van der Waals surface area contributed by atoms with Crippen LogP contribution >= 0.6 is 23.1 Å². The van der Waals surface area contributed by atoms with E-state index in [1.54, 1.807) is 11.3 Å². The number of fused-ring (bicyclic) bond motifs is 1. The maximum absolute atomic E-state index is 12.6. The van der Waals surface area contributed by atoms with Crippen molar-refractivity contribution in [3.8, 4) is 0 Å². The predicted octanol–water partition coefficient (Wildman–Crippen LogP) is 3.46. The lowest BCUT2D eigenvalue weighted by Gasteiger charge is -2.30. The Bertz CT molecular complexity index is 829. The van der Waals surface area contributed by atoms with E-state index in [1.165, 1.54) is 16.6 Å². The number of nitrogens with zero attached hydrogens (tertiary/aromatic N) is 3. The van der Waals surface area contributed by atoms with Crippen LogP contribution in [0.2, 0.25) is 0 Å². The molecule has 3 heterocycles. The number of rotatable bonds is 6. The van der Waals surface area contributed by atoms with Crippen molar-refractivity contribution in [1.82, 2.24) is 14.9 Å². The highest BCUT2D eigenvalue weighted by molar-refractivity contribution is 8.00. The Morgan fingerprint density at radius 1 is 1.30 bits per heavy atom. The van der Waals surface area contributed by atoms with Crippen molar-refractivity contribution in [3.63, 3.8) is 0 Å². The number of hydrogen-bond acceptors (Lipinski definition) is 7. The van der Waals surface area contributed by atoms with Crippen molar-refractivity contribution in [1.29, 1.82) is 0 Å². The average molecular weight is 408 g/mol. The number of piperidine rings is 1. The zero-order valence-corrected chi connectivity index (χ0v) is 17.6. The van der Waals surface area contributed by atoms with Crippen molar-refractivity contribution in [2.45, 2.75) is 45.1 Å². The van der Waals surface area contributed by atoms with Crippen molar-refractivity contribution in [2.75, 3.05) is 25.4 Å². The van der Waals surface area contributed by atoms with E-state index in [0.29, 0.717) is 38.3 Å². The Morgan fingerprint density at radius 3 is 2.70 bits per heavy atom. The van der Waals surface area contributed by atoms with Gasteiger partial charge in [-0.2, -0.15) is 0 Å². The predicted molar refractivity (Wildman–Crippen MR) is 108 cm³/mol. The number of carbonyl (C=O) groups is 2. The third-order valence-corrected chi connectivity index (χ3v) is 6.82. The quantitative estimate of drug-likeness (QED) is 0.415. The standard InChI is InChI=1S/C19H25N3O3S2/c1-4-14-10-15-17(20-12(3)21-18(15)27-14)26-11-16(23)22-8-6-13(7-9-22)19(24)25-5-2/h10,13H,4-9,11H2,1-3H3. The molecular weight excluding hydrogens is 382 g/mol. The molecule has 27 heavy (non-hydrogen) atoms. The summed E-state index contributed by atoms with van der Waals surface area (Å²) in [5, 5.41) is 1.92. The van der Waals surface area contributed by atoms with Crippen LogP contribution in [0.25, 0.3) is 10.2 Å². The smallest absolute Gasteiger partial charge is 0.309 e. The Balaban J connectivity index is 1.59. The monoisotopic (exact) mass is 407 g/mol. The number of likely N-dealkylation sites (tertiary alicyclic amines) is 1. The van der Waals surface area contributed by atoms with Gasteiger partial charge in [-0.25, -0.2) is 9.97 Å². The summed E-state index contributed by atoms with van der Waals surface area (Å²) in [7, 11) is 0. The average Bonchev–Trinajstić information content (AvgIpc) is 3.09. The zero-order valence-electron chi connectivity index (χ0n) is 16.0. The molecule has 0 aliphatic carbocycles. The second-order valence-corrected chi connectivity index (χ2v) is 8.64. The molecule has 0 radical (unpaired) electrons. The fraction of sp³-hybridized carbons (Fsp3) is 0.579. The van der Waals surface area contributed by atoms with Crippen LogP contribution in [0.4, 0.5) is 0 Å². The van der Waals surface area contributed by atoms with E-state index >= 15 is 0 Å². The molecule has 1 amide bonds. The van der Waals surface area contributed by atoms with E-state index in [4.69, 9.17) is 4.74 Å². The first-order valence-electron chi connectivity index (χ1n) is 9.36. The van der Waals surface area contributed by atoms with Gasteiger partial charge in [0.05, 0.1) is 18.3 Å². The van der Waals surface area contributed by atoms with E-state index in [0.717, 1.165) is 27.5 Å². The van der Waals surface area contributed by atoms with Gasteiger partial charge < -0.3 is 9.64 Å². The molecule has 146 valence electrons. The maximum atomic E-state index is 12.6. The van der Waals surface area contributed by atoms with Gasteiger partial charge in [-0.15, -0.1) is 11.3 Å².